The molecular weight excluding hydrogens is 204 g/mol. The standard InChI is InChI=1S/C7H5NS.C5H11N/c1-2-4-7-6(3-1)5-8-9-7;1-2-4-6-5-3-1/h1-5H;6H,1-5H2. The van der Waals surface area contributed by atoms with Gasteiger partial charge < -0.3 is 5.32 Å². The summed E-state index contributed by atoms with van der Waals surface area (Å²) in [5, 5.41) is 4.52. The Balaban J connectivity index is 0.000000124. The average Bonchev–Trinajstić information content (AvgIpc) is 2.80. The van der Waals surface area contributed by atoms with Gasteiger partial charge in [0.05, 0.1) is 4.70 Å². The highest BCUT2D eigenvalue weighted by atomic mass is 32.1. The van der Waals surface area contributed by atoms with E-state index in [2.05, 4.69) is 21.8 Å². The molecule has 15 heavy (non-hydrogen) atoms. The van der Waals surface area contributed by atoms with Gasteiger partial charge in [0.1, 0.15) is 0 Å². The molecule has 0 aliphatic carbocycles. The third-order valence-electron chi connectivity index (χ3n) is 2.47. The number of piperidine rings is 1. The molecule has 0 saturated carbocycles. The lowest BCUT2D eigenvalue weighted by Crippen LogP contribution is -2.21. The Labute approximate surface area is 94.5 Å². The lowest BCUT2D eigenvalue weighted by atomic mass is 10.2. The first kappa shape index (κ1) is 10.6. The van der Waals surface area contributed by atoms with Crippen molar-refractivity contribution in [3.05, 3.63) is 30.5 Å². The van der Waals surface area contributed by atoms with Crippen LogP contribution in [-0.2, 0) is 0 Å². The summed E-state index contributed by atoms with van der Waals surface area (Å²) in [6, 6.07) is 8.20. The molecule has 1 aromatic heterocycles. The minimum absolute atomic E-state index is 1.24. The Morgan fingerprint density at radius 3 is 2.47 bits per heavy atom. The van der Waals surface area contributed by atoms with Crippen LogP contribution in [0.2, 0.25) is 0 Å². The van der Waals surface area contributed by atoms with Gasteiger partial charge in [-0.1, -0.05) is 24.6 Å². The van der Waals surface area contributed by atoms with Gasteiger partial charge in [0.2, 0.25) is 0 Å². The SMILES string of the molecule is C1CCNCC1.c1ccc2sncc2c1. The lowest BCUT2D eigenvalue weighted by Gasteiger charge is -2.08. The predicted octanol–water partition coefficient (Wildman–Crippen LogP) is 3.06. The largest absolute Gasteiger partial charge is 0.317 e. The molecule has 1 N–H and O–H groups in total. The van der Waals surface area contributed by atoms with Crippen LogP contribution < -0.4 is 5.32 Å². The number of fused-ring (bicyclic) bond motifs is 1. The molecule has 2 heterocycles. The molecule has 1 saturated heterocycles. The van der Waals surface area contributed by atoms with Gasteiger partial charge in [-0.25, -0.2) is 0 Å². The summed E-state index contributed by atoms with van der Waals surface area (Å²) in [6.45, 7) is 2.50. The van der Waals surface area contributed by atoms with E-state index in [0.29, 0.717) is 0 Å². The highest BCUT2D eigenvalue weighted by Crippen LogP contribution is 2.15. The molecule has 2 nitrogen and oxygen atoms in total. The zero-order valence-corrected chi connectivity index (χ0v) is 9.59. The van der Waals surface area contributed by atoms with Gasteiger partial charge in [0.15, 0.2) is 0 Å². The molecule has 1 aliphatic rings. The molecule has 3 heteroatoms. The summed E-state index contributed by atoms with van der Waals surface area (Å²) in [7, 11) is 0. The molecule has 2 aromatic rings. The number of nitrogens with zero attached hydrogens (tertiary/aromatic N) is 1. The van der Waals surface area contributed by atoms with Crippen molar-refractivity contribution in [1.82, 2.24) is 9.69 Å². The number of rotatable bonds is 0. The van der Waals surface area contributed by atoms with E-state index >= 15 is 0 Å². The molecule has 80 valence electrons. The highest BCUT2D eigenvalue weighted by molar-refractivity contribution is 7.13. The van der Waals surface area contributed by atoms with E-state index in [9.17, 15) is 0 Å². The monoisotopic (exact) mass is 220 g/mol. The second-order valence-corrected chi connectivity index (χ2v) is 4.51. The summed E-state index contributed by atoms with van der Waals surface area (Å²) in [5.41, 5.74) is 0. The number of hydrogen-bond acceptors (Lipinski definition) is 3. The molecule has 0 spiro atoms. The molecule has 0 amide bonds. The number of hydrogen-bond donors (Lipinski definition) is 1. The zero-order valence-electron chi connectivity index (χ0n) is 8.78. The van der Waals surface area contributed by atoms with Crippen LogP contribution in [0.15, 0.2) is 30.5 Å². The first-order valence-corrected chi connectivity index (χ1v) is 6.24. The zero-order chi connectivity index (χ0) is 10.3. The summed E-state index contributed by atoms with van der Waals surface area (Å²) >= 11 is 1.54. The summed E-state index contributed by atoms with van der Waals surface area (Å²) in [6.07, 6.45) is 6.10. The average molecular weight is 220 g/mol. The van der Waals surface area contributed by atoms with Crippen molar-refractivity contribution in [1.29, 1.82) is 0 Å². The topological polar surface area (TPSA) is 24.9 Å². The maximum atomic E-state index is 4.04. The molecule has 1 aromatic carbocycles. The Morgan fingerprint density at radius 2 is 1.87 bits per heavy atom. The summed E-state index contributed by atoms with van der Waals surface area (Å²) in [4.78, 5) is 0. The Kier molecular flexibility index (Phi) is 4.11. The van der Waals surface area contributed by atoms with Gasteiger partial charge in [0, 0.05) is 11.6 Å². The fourth-order valence-corrected chi connectivity index (χ4v) is 2.26. The molecule has 0 atom stereocenters. The van der Waals surface area contributed by atoms with E-state index < -0.39 is 0 Å². The molecular formula is C12H16N2S. The minimum Gasteiger partial charge on any atom is -0.317 e. The maximum absolute atomic E-state index is 4.04. The Hall–Kier alpha value is -0.930. The van der Waals surface area contributed by atoms with Crippen LogP contribution in [0.5, 0.6) is 0 Å². The lowest BCUT2D eigenvalue weighted by molar-refractivity contribution is 0.520. The number of aromatic nitrogens is 1. The minimum atomic E-state index is 1.24. The van der Waals surface area contributed by atoms with E-state index in [4.69, 9.17) is 0 Å². The fourth-order valence-electron chi connectivity index (χ4n) is 1.61. The number of benzene rings is 1. The van der Waals surface area contributed by atoms with Gasteiger partial charge in [-0.05, 0) is 43.5 Å². The van der Waals surface area contributed by atoms with Crippen molar-refractivity contribution >= 4 is 21.6 Å². The Bertz CT molecular complexity index is 351. The summed E-state index contributed by atoms with van der Waals surface area (Å²) in [5.74, 6) is 0. The van der Waals surface area contributed by atoms with E-state index in [1.165, 1.54) is 54.0 Å². The van der Waals surface area contributed by atoms with Gasteiger partial charge in [-0.2, -0.15) is 4.37 Å². The third kappa shape index (κ3) is 3.29. The van der Waals surface area contributed by atoms with Crippen LogP contribution in [0.25, 0.3) is 10.1 Å². The van der Waals surface area contributed by atoms with Crippen LogP contribution in [0.4, 0.5) is 0 Å². The van der Waals surface area contributed by atoms with Crippen molar-refractivity contribution in [2.45, 2.75) is 19.3 Å². The quantitative estimate of drug-likeness (QED) is 0.738. The molecule has 0 unspecified atom stereocenters. The van der Waals surface area contributed by atoms with E-state index in [0.717, 1.165) is 0 Å². The van der Waals surface area contributed by atoms with Crippen molar-refractivity contribution in [2.75, 3.05) is 13.1 Å². The summed E-state index contributed by atoms with van der Waals surface area (Å²) < 4.78 is 5.30. The third-order valence-corrected chi connectivity index (χ3v) is 3.25. The smallest absolute Gasteiger partial charge is 0.0549 e. The van der Waals surface area contributed by atoms with E-state index in [-0.39, 0.29) is 0 Å². The van der Waals surface area contributed by atoms with Gasteiger partial charge in [-0.15, -0.1) is 0 Å². The van der Waals surface area contributed by atoms with Crippen molar-refractivity contribution in [2.24, 2.45) is 0 Å². The van der Waals surface area contributed by atoms with Crippen LogP contribution in [0.1, 0.15) is 19.3 Å². The predicted molar refractivity (Wildman–Crippen MR) is 66.3 cm³/mol. The van der Waals surface area contributed by atoms with Crippen molar-refractivity contribution in [3.63, 3.8) is 0 Å². The van der Waals surface area contributed by atoms with E-state index in [1.807, 2.05) is 18.3 Å². The van der Waals surface area contributed by atoms with Crippen LogP contribution in [-0.4, -0.2) is 17.5 Å². The van der Waals surface area contributed by atoms with Crippen LogP contribution >= 0.6 is 11.5 Å². The normalized spacial score (nSPS) is 15.7. The molecule has 0 bridgehead atoms. The second-order valence-electron chi connectivity index (χ2n) is 3.67. The first-order chi connectivity index (χ1) is 7.47. The van der Waals surface area contributed by atoms with Crippen LogP contribution in [0.3, 0.4) is 0 Å². The Morgan fingerprint density at radius 1 is 1.07 bits per heavy atom. The molecule has 1 fully saturated rings. The van der Waals surface area contributed by atoms with E-state index in [1.54, 1.807) is 0 Å². The first-order valence-electron chi connectivity index (χ1n) is 5.47. The van der Waals surface area contributed by atoms with Crippen molar-refractivity contribution < 1.29 is 0 Å². The van der Waals surface area contributed by atoms with Gasteiger partial charge >= 0.3 is 0 Å². The molecule has 3 rings (SSSR count). The van der Waals surface area contributed by atoms with Crippen LogP contribution in [0, 0.1) is 0 Å². The van der Waals surface area contributed by atoms with Crippen molar-refractivity contribution in [3.8, 4) is 0 Å². The number of nitrogens with one attached hydrogen (secondary N) is 1. The van der Waals surface area contributed by atoms with Gasteiger partial charge in [0.25, 0.3) is 0 Å². The second kappa shape index (κ2) is 5.83. The molecule has 0 radical (unpaired) electrons. The molecule has 1 aliphatic heterocycles. The fraction of sp³-hybridized carbons (Fsp3) is 0.417. The van der Waals surface area contributed by atoms with Gasteiger partial charge in [-0.3, -0.25) is 0 Å². The maximum Gasteiger partial charge on any atom is 0.0549 e. The highest BCUT2D eigenvalue weighted by Gasteiger charge is 1.93.